The Kier molecular flexibility index (Phi) is 4.14. The van der Waals surface area contributed by atoms with Gasteiger partial charge in [-0.25, -0.2) is 9.37 Å². The maximum atomic E-state index is 12.6. The van der Waals surface area contributed by atoms with E-state index in [4.69, 9.17) is 0 Å². The molecule has 1 rings (SSSR count). The lowest BCUT2D eigenvalue weighted by Crippen LogP contribution is -1.85. The number of hydrogen-bond acceptors (Lipinski definition) is 3. The fraction of sp³-hybridized carbons (Fsp3) is 0.200. The highest BCUT2D eigenvalue weighted by Gasteiger charge is 1.92. The molecule has 0 fully saturated rings. The van der Waals surface area contributed by atoms with E-state index in [1.165, 1.54) is 25.3 Å². The van der Waals surface area contributed by atoms with E-state index in [9.17, 15) is 9.18 Å². The van der Waals surface area contributed by atoms with Crippen LogP contribution in [0, 0.1) is 17.7 Å². The highest BCUT2D eigenvalue weighted by Crippen LogP contribution is 2.00. The van der Waals surface area contributed by atoms with Crippen molar-refractivity contribution in [2.75, 3.05) is 5.75 Å². The van der Waals surface area contributed by atoms with Gasteiger partial charge in [-0.05, 0) is 12.0 Å². The molecule has 0 atom stereocenters. The molecular weight excluding hydrogens is 201 g/mol. The quantitative estimate of drug-likeness (QED) is 0.661. The lowest BCUT2D eigenvalue weighted by molar-refractivity contribution is -0.109. The molecule has 2 nitrogen and oxygen atoms in total. The summed E-state index contributed by atoms with van der Waals surface area (Å²) in [4.78, 5) is 14.4. The van der Waals surface area contributed by atoms with Crippen molar-refractivity contribution in [2.45, 2.75) is 6.92 Å². The van der Waals surface area contributed by atoms with Crippen LogP contribution in [0.3, 0.4) is 0 Å². The third-order valence-corrected chi connectivity index (χ3v) is 1.98. The van der Waals surface area contributed by atoms with Crippen LogP contribution in [0.4, 0.5) is 4.39 Å². The van der Waals surface area contributed by atoms with Crippen LogP contribution >= 0.6 is 11.8 Å². The first-order chi connectivity index (χ1) is 6.68. The highest BCUT2D eigenvalue weighted by molar-refractivity contribution is 8.13. The number of pyridine rings is 1. The van der Waals surface area contributed by atoms with Crippen molar-refractivity contribution < 1.29 is 9.18 Å². The van der Waals surface area contributed by atoms with Gasteiger partial charge in [0.05, 0.1) is 5.75 Å². The minimum absolute atomic E-state index is 0.0199. The summed E-state index contributed by atoms with van der Waals surface area (Å²) in [5.74, 6) is 5.44. The van der Waals surface area contributed by atoms with Gasteiger partial charge in [-0.15, -0.1) is 0 Å². The molecule has 0 unspecified atom stereocenters. The molecule has 0 bridgehead atoms. The minimum Gasteiger partial charge on any atom is -0.288 e. The molecule has 0 radical (unpaired) electrons. The molecule has 0 aliphatic rings. The largest absolute Gasteiger partial charge is 0.288 e. The predicted molar refractivity (Wildman–Crippen MR) is 54.2 cm³/mol. The number of carbonyl (C=O) groups is 1. The van der Waals surface area contributed by atoms with Gasteiger partial charge >= 0.3 is 0 Å². The maximum absolute atomic E-state index is 12.6. The monoisotopic (exact) mass is 209 g/mol. The summed E-state index contributed by atoms with van der Waals surface area (Å²) in [5.41, 5.74) is 0.383. The van der Waals surface area contributed by atoms with Crippen LogP contribution in [0.15, 0.2) is 18.3 Å². The molecule has 4 heteroatoms. The molecule has 72 valence electrons. The van der Waals surface area contributed by atoms with Crippen molar-refractivity contribution in [3.05, 3.63) is 29.8 Å². The van der Waals surface area contributed by atoms with Gasteiger partial charge in [0.1, 0.15) is 11.5 Å². The zero-order chi connectivity index (χ0) is 10.4. The first-order valence-electron chi connectivity index (χ1n) is 3.92. The summed E-state index contributed by atoms with van der Waals surface area (Å²) in [7, 11) is 0. The summed E-state index contributed by atoms with van der Waals surface area (Å²) in [6.07, 6.45) is 1.36. The van der Waals surface area contributed by atoms with Gasteiger partial charge in [0.15, 0.2) is 5.12 Å². The molecule has 1 aromatic heterocycles. The summed E-state index contributed by atoms with van der Waals surface area (Å²) in [6, 6.07) is 2.51. The van der Waals surface area contributed by atoms with E-state index in [0.717, 1.165) is 11.8 Å². The van der Waals surface area contributed by atoms with E-state index in [1.807, 2.05) is 0 Å². The van der Waals surface area contributed by atoms with Crippen molar-refractivity contribution in [2.24, 2.45) is 0 Å². The normalized spacial score (nSPS) is 9.00. The molecule has 0 saturated carbocycles. The van der Waals surface area contributed by atoms with E-state index in [0.29, 0.717) is 11.4 Å². The number of carbonyl (C=O) groups excluding carboxylic acids is 1. The van der Waals surface area contributed by atoms with Crippen molar-refractivity contribution in [3.8, 4) is 11.8 Å². The second-order valence-electron chi connectivity index (χ2n) is 2.44. The summed E-state index contributed by atoms with van der Waals surface area (Å²) in [5, 5.41) is 0.0199. The van der Waals surface area contributed by atoms with E-state index in [2.05, 4.69) is 16.8 Å². The molecule has 1 aromatic rings. The maximum Gasteiger partial charge on any atom is 0.186 e. The molecule has 0 amide bonds. The molecule has 0 aliphatic carbocycles. The number of aromatic nitrogens is 1. The van der Waals surface area contributed by atoms with Crippen molar-refractivity contribution in [3.63, 3.8) is 0 Å². The van der Waals surface area contributed by atoms with Crippen LogP contribution in [0.2, 0.25) is 0 Å². The highest BCUT2D eigenvalue weighted by atomic mass is 32.2. The third-order valence-electron chi connectivity index (χ3n) is 1.29. The number of hydrogen-bond donors (Lipinski definition) is 0. The van der Waals surface area contributed by atoms with Crippen LogP contribution in [-0.2, 0) is 4.79 Å². The van der Waals surface area contributed by atoms with E-state index in [1.54, 1.807) is 0 Å². The lowest BCUT2D eigenvalue weighted by Gasteiger charge is -1.88. The number of thioether (sulfide) groups is 1. The fourth-order valence-electron chi connectivity index (χ4n) is 0.737. The van der Waals surface area contributed by atoms with Crippen LogP contribution < -0.4 is 0 Å². The van der Waals surface area contributed by atoms with E-state index in [-0.39, 0.29) is 10.9 Å². The molecule has 0 aliphatic heterocycles. The predicted octanol–water partition coefficient (Wildman–Crippen LogP) is 1.85. The van der Waals surface area contributed by atoms with Crippen LogP contribution in [0.1, 0.15) is 12.6 Å². The Labute approximate surface area is 85.9 Å². The van der Waals surface area contributed by atoms with Gasteiger partial charge in [-0.2, -0.15) is 0 Å². The topological polar surface area (TPSA) is 30.0 Å². The average Bonchev–Trinajstić information content (AvgIpc) is 2.12. The minimum atomic E-state index is -0.358. The first kappa shape index (κ1) is 10.7. The Morgan fingerprint density at radius 3 is 3.14 bits per heavy atom. The smallest absolute Gasteiger partial charge is 0.186 e. The average molecular weight is 209 g/mol. The molecule has 0 aromatic carbocycles. The van der Waals surface area contributed by atoms with Gasteiger partial charge in [0, 0.05) is 19.2 Å². The Hall–Kier alpha value is -1.34. The van der Waals surface area contributed by atoms with Gasteiger partial charge in [0.2, 0.25) is 0 Å². The molecule has 1 heterocycles. The Morgan fingerprint density at radius 2 is 2.50 bits per heavy atom. The van der Waals surface area contributed by atoms with Gasteiger partial charge in [0.25, 0.3) is 0 Å². The molecule has 14 heavy (non-hydrogen) atoms. The molecular formula is C10H8FNOS. The van der Waals surface area contributed by atoms with Crippen molar-refractivity contribution in [1.82, 2.24) is 4.98 Å². The summed E-state index contributed by atoms with van der Waals surface area (Å²) in [6.45, 7) is 1.48. The van der Waals surface area contributed by atoms with E-state index < -0.39 is 0 Å². The van der Waals surface area contributed by atoms with Gasteiger partial charge < -0.3 is 0 Å². The molecule has 0 N–H and O–H groups in total. The zero-order valence-corrected chi connectivity index (χ0v) is 8.40. The zero-order valence-electron chi connectivity index (χ0n) is 7.58. The fourth-order valence-corrected chi connectivity index (χ4v) is 1.09. The standard InChI is InChI=1S/C10H8FNOS/c1-8(13)14-6-2-3-10-7-9(11)4-5-12-10/h4-5,7H,6H2,1H3. The second-order valence-corrected chi connectivity index (χ2v) is 3.59. The number of rotatable bonds is 1. The Balaban J connectivity index is 2.55. The second kappa shape index (κ2) is 5.40. The Morgan fingerprint density at radius 1 is 1.71 bits per heavy atom. The van der Waals surface area contributed by atoms with Gasteiger partial charge in [-0.3, -0.25) is 4.79 Å². The number of halogens is 1. The van der Waals surface area contributed by atoms with Crippen LogP contribution in [0.5, 0.6) is 0 Å². The lowest BCUT2D eigenvalue weighted by atomic mass is 10.3. The van der Waals surface area contributed by atoms with Gasteiger partial charge in [-0.1, -0.05) is 17.7 Å². The Bertz CT molecular complexity index is 395. The number of nitrogens with zero attached hydrogens (tertiary/aromatic N) is 1. The summed E-state index contributed by atoms with van der Waals surface area (Å²) >= 11 is 1.12. The summed E-state index contributed by atoms with van der Waals surface area (Å²) < 4.78 is 12.6. The third kappa shape index (κ3) is 4.06. The van der Waals surface area contributed by atoms with E-state index >= 15 is 0 Å². The van der Waals surface area contributed by atoms with Crippen LogP contribution in [-0.4, -0.2) is 15.9 Å². The van der Waals surface area contributed by atoms with Crippen molar-refractivity contribution in [1.29, 1.82) is 0 Å². The first-order valence-corrected chi connectivity index (χ1v) is 4.91. The SMILES string of the molecule is CC(=O)SCC#Cc1cc(F)ccn1. The molecule has 0 spiro atoms. The van der Waals surface area contributed by atoms with Crippen molar-refractivity contribution >= 4 is 16.9 Å². The molecule has 0 saturated heterocycles. The van der Waals surface area contributed by atoms with Crippen LogP contribution in [0.25, 0.3) is 0 Å².